The first-order valence-corrected chi connectivity index (χ1v) is 9.58. The minimum Gasteiger partial charge on any atom is -0.493 e. The highest BCUT2D eigenvalue weighted by atomic mass is 32.2. The highest BCUT2D eigenvalue weighted by molar-refractivity contribution is 7.89. The number of methoxy groups -OCH3 is 1. The van der Waals surface area contributed by atoms with Crippen LogP contribution < -0.4 is 19.5 Å². The van der Waals surface area contributed by atoms with Crippen LogP contribution in [-0.4, -0.2) is 46.1 Å². The number of hydrogen-bond donors (Lipinski definition) is 2. The van der Waals surface area contributed by atoms with Gasteiger partial charge in [0, 0.05) is 25.2 Å². The molecule has 0 atom stereocenters. The molecule has 11 heteroatoms. The van der Waals surface area contributed by atoms with Gasteiger partial charge in [-0.15, -0.1) is 0 Å². The lowest BCUT2D eigenvalue weighted by Crippen LogP contribution is -2.36. The van der Waals surface area contributed by atoms with Crippen molar-refractivity contribution in [3.8, 4) is 11.5 Å². The van der Waals surface area contributed by atoms with Crippen molar-refractivity contribution in [1.82, 2.24) is 10.0 Å². The van der Waals surface area contributed by atoms with Crippen molar-refractivity contribution >= 4 is 21.6 Å². The number of hydrogen-bond acceptors (Lipinski definition) is 7. The monoisotopic (exact) mass is 409 g/mol. The van der Waals surface area contributed by atoms with Crippen LogP contribution in [-0.2, 0) is 14.8 Å². The third-order valence-electron chi connectivity index (χ3n) is 3.52. The molecule has 0 aliphatic heterocycles. The molecule has 2 rings (SSSR count). The summed E-state index contributed by atoms with van der Waals surface area (Å²) in [7, 11) is -2.35. The molecule has 0 bridgehead atoms. The minimum absolute atomic E-state index is 0.0420. The van der Waals surface area contributed by atoms with Crippen LogP contribution in [0.15, 0.2) is 53.4 Å². The number of rotatable bonds is 10. The molecule has 0 saturated carbocycles. The summed E-state index contributed by atoms with van der Waals surface area (Å²) in [6, 6.07) is 11.3. The molecule has 2 aromatic rings. The predicted molar refractivity (Wildman–Crippen MR) is 99.8 cm³/mol. The minimum atomic E-state index is -3.84. The smallest absolute Gasteiger partial charge is 0.269 e. The van der Waals surface area contributed by atoms with E-state index in [-0.39, 0.29) is 30.3 Å². The molecule has 2 aromatic carbocycles. The molecule has 0 fully saturated rings. The summed E-state index contributed by atoms with van der Waals surface area (Å²) in [5, 5.41) is 13.1. The largest absolute Gasteiger partial charge is 0.493 e. The summed E-state index contributed by atoms with van der Waals surface area (Å²) in [5.74, 6) is 0.477. The number of non-ortho nitro benzene ring substituents is 1. The quantitative estimate of drug-likeness (QED) is 0.340. The summed E-state index contributed by atoms with van der Waals surface area (Å²) in [6.07, 6.45) is 0. The third kappa shape index (κ3) is 5.93. The average Bonchev–Trinajstić information content (AvgIpc) is 2.70. The van der Waals surface area contributed by atoms with E-state index >= 15 is 0 Å². The predicted octanol–water partition coefficient (Wildman–Crippen LogP) is 1.08. The van der Waals surface area contributed by atoms with E-state index in [0.717, 1.165) is 24.3 Å². The van der Waals surface area contributed by atoms with Crippen molar-refractivity contribution in [1.29, 1.82) is 0 Å². The molecule has 0 aliphatic rings. The Morgan fingerprint density at radius 1 is 1.07 bits per heavy atom. The Labute approximate surface area is 161 Å². The van der Waals surface area contributed by atoms with Crippen molar-refractivity contribution in [2.24, 2.45) is 0 Å². The van der Waals surface area contributed by atoms with Gasteiger partial charge in [0.25, 0.3) is 11.6 Å². The number of amides is 1. The van der Waals surface area contributed by atoms with Gasteiger partial charge in [0.05, 0.1) is 16.9 Å². The van der Waals surface area contributed by atoms with Gasteiger partial charge < -0.3 is 14.8 Å². The molecule has 0 unspecified atom stereocenters. The number of para-hydroxylation sites is 2. The second-order valence-electron chi connectivity index (χ2n) is 5.44. The Bertz CT molecular complexity index is 930. The number of carbonyl (C=O) groups is 1. The van der Waals surface area contributed by atoms with Gasteiger partial charge in [-0.1, -0.05) is 12.1 Å². The van der Waals surface area contributed by atoms with Gasteiger partial charge in [0.15, 0.2) is 18.1 Å². The maximum absolute atomic E-state index is 12.1. The summed E-state index contributed by atoms with van der Waals surface area (Å²) in [6.45, 7) is -0.268. The van der Waals surface area contributed by atoms with Gasteiger partial charge >= 0.3 is 0 Å². The van der Waals surface area contributed by atoms with Gasteiger partial charge in [0.2, 0.25) is 10.0 Å². The van der Waals surface area contributed by atoms with E-state index in [1.165, 1.54) is 7.11 Å². The van der Waals surface area contributed by atoms with Crippen LogP contribution in [0, 0.1) is 10.1 Å². The van der Waals surface area contributed by atoms with Crippen LogP contribution in [0.25, 0.3) is 0 Å². The molecule has 0 heterocycles. The first-order valence-electron chi connectivity index (χ1n) is 8.10. The van der Waals surface area contributed by atoms with E-state index in [1.807, 2.05) is 0 Å². The topological polar surface area (TPSA) is 137 Å². The number of nitro groups is 1. The molecule has 0 saturated heterocycles. The molecule has 2 N–H and O–H groups in total. The summed E-state index contributed by atoms with van der Waals surface area (Å²) < 4.78 is 37.0. The number of nitro benzene ring substituents is 1. The van der Waals surface area contributed by atoms with Crippen LogP contribution in [0.1, 0.15) is 0 Å². The van der Waals surface area contributed by atoms with E-state index in [2.05, 4.69) is 10.0 Å². The maximum Gasteiger partial charge on any atom is 0.269 e. The lowest BCUT2D eigenvalue weighted by molar-refractivity contribution is -0.384. The lowest BCUT2D eigenvalue weighted by Gasteiger charge is -2.11. The second-order valence-corrected chi connectivity index (χ2v) is 7.21. The molecule has 10 nitrogen and oxygen atoms in total. The molecule has 0 aromatic heterocycles. The molecule has 0 aliphatic carbocycles. The van der Waals surface area contributed by atoms with Gasteiger partial charge in [-0.05, 0) is 24.3 Å². The zero-order valence-electron chi connectivity index (χ0n) is 15.0. The molecule has 1 amide bonds. The Balaban J connectivity index is 1.76. The van der Waals surface area contributed by atoms with E-state index in [4.69, 9.17) is 9.47 Å². The van der Waals surface area contributed by atoms with Crippen molar-refractivity contribution < 1.29 is 27.6 Å². The molecule has 0 spiro atoms. The van der Waals surface area contributed by atoms with Crippen molar-refractivity contribution in [3.05, 3.63) is 58.6 Å². The zero-order valence-corrected chi connectivity index (χ0v) is 15.8. The van der Waals surface area contributed by atoms with E-state index < -0.39 is 20.9 Å². The normalized spacial score (nSPS) is 10.9. The SMILES string of the molecule is COc1ccccc1OCC(=O)NCCNS(=O)(=O)c1ccc([N+](=O)[O-])cc1. The van der Waals surface area contributed by atoms with Crippen molar-refractivity contribution in [3.63, 3.8) is 0 Å². The molecule has 28 heavy (non-hydrogen) atoms. The van der Waals surface area contributed by atoms with Crippen LogP contribution in [0.2, 0.25) is 0 Å². The molecule has 150 valence electrons. The van der Waals surface area contributed by atoms with Gasteiger partial charge in [-0.3, -0.25) is 14.9 Å². The maximum atomic E-state index is 12.1. The van der Waals surface area contributed by atoms with Gasteiger partial charge in [0.1, 0.15) is 0 Å². The van der Waals surface area contributed by atoms with Gasteiger partial charge in [-0.25, -0.2) is 13.1 Å². The standard InChI is InChI=1S/C17H19N3O7S/c1-26-15-4-2-3-5-16(15)27-12-17(21)18-10-11-19-28(24,25)14-8-6-13(7-9-14)20(22)23/h2-9,19H,10-12H2,1H3,(H,18,21). The summed E-state index contributed by atoms with van der Waals surface area (Å²) >= 11 is 0. The van der Waals surface area contributed by atoms with Crippen LogP contribution in [0.4, 0.5) is 5.69 Å². The highest BCUT2D eigenvalue weighted by Crippen LogP contribution is 2.25. The van der Waals surface area contributed by atoms with E-state index in [1.54, 1.807) is 24.3 Å². The number of nitrogens with one attached hydrogen (secondary N) is 2. The van der Waals surface area contributed by atoms with Crippen LogP contribution in [0.5, 0.6) is 11.5 Å². The summed E-state index contributed by atoms with van der Waals surface area (Å²) in [4.78, 5) is 21.7. The van der Waals surface area contributed by atoms with Crippen LogP contribution >= 0.6 is 0 Å². The number of sulfonamides is 1. The van der Waals surface area contributed by atoms with Crippen LogP contribution in [0.3, 0.4) is 0 Å². The first-order chi connectivity index (χ1) is 13.3. The Kier molecular flexibility index (Phi) is 7.29. The first kappa shape index (κ1) is 21.1. The fourth-order valence-electron chi connectivity index (χ4n) is 2.15. The number of nitrogens with zero attached hydrogens (tertiary/aromatic N) is 1. The average molecular weight is 409 g/mol. The van der Waals surface area contributed by atoms with Crippen molar-refractivity contribution in [2.75, 3.05) is 26.8 Å². The highest BCUT2D eigenvalue weighted by Gasteiger charge is 2.15. The Morgan fingerprint density at radius 3 is 2.32 bits per heavy atom. The molecular formula is C17H19N3O7S. The Morgan fingerprint density at radius 2 is 1.71 bits per heavy atom. The fraction of sp³-hybridized carbons (Fsp3) is 0.235. The molecule has 0 radical (unpaired) electrons. The van der Waals surface area contributed by atoms with Crippen molar-refractivity contribution in [2.45, 2.75) is 4.90 Å². The van der Waals surface area contributed by atoms with Gasteiger partial charge in [-0.2, -0.15) is 0 Å². The second kappa shape index (κ2) is 9.67. The Hall–Kier alpha value is -3.18. The van der Waals surface area contributed by atoms with E-state index in [0.29, 0.717) is 11.5 Å². The number of carbonyl (C=O) groups excluding carboxylic acids is 1. The van der Waals surface area contributed by atoms with E-state index in [9.17, 15) is 23.3 Å². The fourth-order valence-corrected chi connectivity index (χ4v) is 3.18. The lowest BCUT2D eigenvalue weighted by atomic mass is 10.3. The number of ether oxygens (including phenoxy) is 2. The zero-order chi connectivity index (χ0) is 20.6. The third-order valence-corrected chi connectivity index (χ3v) is 5.00. The molecular weight excluding hydrogens is 390 g/mol. The summed E-state index contributed by atoms with van der Waals surface area (Å²) in [5.41, 5.74) is -0.207. The number of benzene rings is 2.